The number of halogens is 2. The van der Waals surface area contributed by atoms with Crippen molar-refractivity contribution in [2.75, 3.05) is 6.61 Å². The first kappa shape index (κ1) is 16.3. The summed E-state index contributed by atoms with van der Waals surface area (Å²) in [6, 6.07) is 12.3. The largest absolute Gasteiger partial charge is 0.484 e. The number of hydrogen-bond acceptors (Lipinski definition) is 3. The SMILES string of the molecule is Cc1cc(OCC(=O)NN=Cc2cccc(Cl)c2)ccc1Cl. The van der Waals surface area contributed by atoms with E-state index in [0.717, 1.165) is 11.1 Å². The summed E-state index contributed by atoms with van der Waals surface area (Å²) < 4.78 is 5.36. The highest BCUT2D eigenvalue weighted by Crippen LogP contribution is 2.20. The fourth-order valence-electron chi connectivity index (χ4n) is 1.65. The van der Waals surface area contributed by atoms with Gasteiger partial charge in [0.1, 0.15) is 5.75 Å². The zero-order valence-corrected chi connectivity index (χ0v) is 13.4. The van der Waals surface area contributed by atoms with Gasteiger partial charge < -0.3 is 4.74 Å². The number of hydrazone groups is 1. The van der Waals surface area contributed by atoms with Crippen LogP contribution in [0.3, 0.4) is 0 Å². The Morgan fingerprint density at radius 3 is 2.82 bits per heavy atom. The number of carbonyl (C=O) groups is 1. The van der Waals surface area contributed by atoms with Crippen LogP contribution in [0, 0.1) is 6.92 Å². The smallest absolute Gasteiger partial charge is 0.277 e. The number of carbonyl (C=O) groups excluding carboxylic acids is 1. The van der Waals surface area contributed by atoms with Gasteiger partial charge in [-0.15, -0.1) is 0 Å². The zero-order valence-electron chi connectivity index (χ0n) is 11.8. The summed E-state index contributed by atoms with van der Waals surface area (Å²) in [6.45, 7) is 1.73. The van der Waals surface area contributed by atoms with Crippen LogP contribution in [0.2, 0.25) is 10.0 Å². The van der Waals surface area contributed by atoms with Gasteiger partial charge in [0.25, 0.3) is 5.91 Å². The molecule has 0 saturated carbocycles. The Labute approximate surface area is 138 Å². The van der Waals surface area contributed by atoms with Crippen LogP contribution in [0.4, 0.5) is 0 Å². The molecule has 4 nitrogen and oxygen atoms in total. The van der Waals surface area contributed by atoms with Gasteiger partial charge in [-0.3, -0.25) is 4.79 Å². The van der Waals surface area contributed by atoms with E-state index in [0.29, 0.717) is 15.8 Å². The molecule has 0 heterocycles. The number of aryl methyl sites for hydroxylation is 1. The standard InChI is InChI=1S/C16H14Cl2N2O2/c1-11-7-14(5-6-15(11)18)22-10-16(21)20-19-9-12-3-2-4-13(17)8-12/h2-9H,10H2,1H3,(H,20,21). The van der Waals surface area contributed by atoms with Crippen molar-refractivity contribution >= 4 is 35.3 Å². The molecule has 0 aliphatic rings. The van der Waals surface area contributed by atoms with Crippen molar-refractivity contribution in [1.29, 1.82) is 0 Å². The average molecular weight is 337 g/mol. The van der Waals surface area contributed by atoms with Crippen molar-refractivity contribution in [3.63, 3.8) is 0 Å². The summed E-state index contributed by atoms with van der Waals surface area (Å²) >= 11 is 11.8. The fourth-order valence-corrected chi connectivity index (χ4v) is 1.97. The van der Waals surface area contributed by atoms with E-state index in [1.165, 1.54) is 6.21 Å². The molecule has 0 aliphatic heterocycles. The third kappa shape index (κ3) is 5.06. The van der Waals surface area contributed by atoms with Gasteiger partial charge in [0.2, 0.25) is 0 Å². The topological polar surface area (TPSA) is 50.7 Å². The summed E-state index contributed by atoms with van der Waals surface area (Å²) in [5.74, 6) is 0.224. The summed E-state index contributed by atoms with van der Waals surface area (Å²) in [5.41, 5.74) is 4.06. The lowest BCUT2D eigenvalue weighted by Gasteiger charge is -2.06. The molecule has 6 heteroatoms. The van der Waals surface area contributed by atoms with Gasteiger partial charge in [-0.1, -0.05) is 35.3 Å². The normalized spacial score (nSPS) is 10.7. The second-order valence-corrected chi connectivity index (χ2v) is 5.39. The number of benzene rings is 2. The number of amides is 1. The maximum absolute atomic E-state index is 11.6. The summed E-state index contributed by atoms with van der Waals surface area (Å²) in [6.07, 6.45) is 1.51. The third-order valence-corrected chi connectivity index (χ3v) is 3.41. The van der Waals surface area contributed by atoms with E-state index in [1.54, 1.807) is 36.4 Å². The minimum absolute atomic E-state index is 0.131. The van der Waals surface area contributed by atoms with E-state index in [9.17, 15) is 4.79 Å². The monoisotopic (exact) mass is 336 g/mol. The van der Waals surface area contributed by atoms with Gasteiger partial charge in [-0.2, -0.15) is 5.10 Å². The summed E-state index contributed by atoms with van der Waals surface area (Å²) in [7, 11) is 0. The van der Waals surface area contributed by atoms with Gasteiger partial charge in [0.15, 0.2) is 6.61 Å². The zero-order chi connectivity index (χ0) is 15.9. The molecule has 2 rings (SSSR count). The molecule has 0 bridgehead atoms. The van der Waals surface area contributed by atoms with Crippen LogP contribution >= 0.6 is 23.2 Å². The predicted octanol–water partition coefficient (Wildman–Crippen LogP) is 3.83. The van der Waals surface area contributed by atoms with Crippen molar-refractivity contribution in [2.45, 2.75) is 6.92 Å². The highest BCUT2D eigenvalue weighted by molar-refractivity contribution is 6.31. The van der Waals surface area contributed by atoms with Crippen molar-refractivity contribution in [3.05, 3.63) is 63.6 Å². The first-order valence-electron chi connectivity index (χ1n) is 6.51. The number of rotatable bonds is 5. The molecule has 0 fully saturated rings. The lowest BCUT2D eigenvalue weighted by atomic mass is 10.2. The second kappa shape index (κ2) is 7.82. The third-order valence-electron chi connectivity index (χ3n) is 2.75. The van der Waals surface area contributed by atoms with E-state index >= 15 is 0 Å². The van der Waals surface area contributed by atoms with Crippen molar-refractivity contribution < 1.29 is 9.53 Å². The maximum Gasteiger partial charge on any atom is 0.277 e. The fraction of sp³-hybridized carbons (Fsp3) is 0.125. The molecule has 0 atom stereocenters. The summed E-state index contributed by atoms with van der Waals surface area (Å²) in [4.78, 5) is 11.6. The molecule has 0 aliphatic carbocycles. The Balaban J connectivity index is 1.81. The first-order valence-corrected chi connectivity index (χ1v) is 7.26. The van der Waals surface area contributed by atoms with E-state index < -0.39 is 0 Å². The van der Waals surface area contributed by atoms with E-state index in [-0.39, 0.29) is 12.5 Å². The van der Waals surface area contributed by atoms with Gasteiger partial charge in [0, 0.05) is 10.0 Å². The minimum atomic E-state index is -0.356. The quantitative estimate of drug-likeness (QED) is 0.666. The van der Waals surface area contributed by atoms with Crippen molar-refractivity contribution in [2.24, 2.45) is 5.10 Å². The van der Waals surface area contributed by atoms with Gasteiger partial charge in [-0.25, -0.2) is 5.43 Å². The van der Waals surface area contributed by atoms with Crippen LogP contribution in [-0.4, -0.2) is 18.7 Å². The molecule has 0 saturated heterocycles. The van der Waals surface area contributed by atoms with E-state index in [2.05, 4.69) is 10.5 Å². The van der Waals surface area contributed by atoms with Crippen LogP contribution in [-0.2, 0) is 4.79 Å². The molecule has 114 valence electrons. The molecular weight excluding hydrogens is 323 g/mol. The Hall–Kier alpha value is -2.04. The Bertz CT molecular complexity index is 702. The highest BCUT2D eigenvalue weighted by atomic mass is 35.5. The van der Waals surface area contributed by atoms with Crippen LogP contribution in [0.25, 0.3) is 0 Å². The summed E-state index contributed by atoms with van der Waals surface area (Å²) in [5, 5.41) is 5.11. The molecule has 1 amide bonds. The molecule has 2 aromatic rings. The van der Waals surface area contributed by atoms with Gasteiger partial charge in [0.05, 0.1) is 6.21 Å². The molecule has 0 radical (unpaired) electrons. The van der Waals surface area contributed by atoms with Crippen LogP contribution < -0.4 is 10.2 Å². The molecular formula is C16H14Cl2N2O2. The minimum Gasteiger partial charge on any atom is -0.484 e. The average Bonchev–Trinajstić information content (AvgIpc) is 2.48. The number of hydrogen-bond donors (Lipinski definition) is 1. The first-order chi connectivity index (χ1) is 10.5. The Morgan fingerprint density at radius 1 is 1.27 bits per heavy atom. The lowest BCUT2D eigenvalue weighted by molar-refractivity contribution is -0.123. The molecule has 0 aromatic heterocycles. The van der Waals surface area contributed by atoms with Crippen molar-refractivity contribution in [3.8, 4) is 5.75 Å². The number of nitrogens with zero attached hydrogens (tertiary/aromatic N) is 1. The lowest BCUT2D eigenvalue weighted by Crippen LogP contribution is -2.24. The van der Waals surface area contributed by atoms with Crippen LogP contribution in [0.15, 0.2) is 47.6 Å². The van der Waals surface area contributed by atoms with Gasteiger partial charge in [-0.05, 0) is 48.4 Å². The van der Waals surface area contributed by atoms with Crippen molar-refractivity contribution in [1.82, 2.24) is 5.43 Å². The molecule has 0 spiro atoms. The molecule has 1 N–H and O–H groups in total. The molecule has 2 aromatic carbocycles. The van der Waals surface area contributed by atoms with Crippen LogP contribution in [0.1, 0.15) is 11.1 Å². The molecule has 22 heavy (non-hydrogen) atoms. The number of ether oxygens (including phenoxy) is 1. The highest BCUT2D eigenvalue weighted by Gasteiger charge is 2.03. The van der Waals surface area contributed by atoms with Crippen LogP contribution in [0.5, 0.6) is 5.75 Å². The molecule has 0 unspecified atom stereocenters. The van der Waals surface area contributed by atoms with E-state index in [1.807, 2.05) is 13.0 Å². The second-order valence-electron chi connectivity index (χ2n) is 4.55. The van der Waals surface area contributed by atoms with E-state index in [4.69, 9.17) is 27.9 Å². The Morgan fingerprint density at radius 2 is 2.09 bits per heavy atom. The van der Waals surface area contributed by atoms with Gasteiger partial charge >= 0.3 is 0 Å². The predicted molar refractivity (Wildman–Crippen MR) is 88.9 cm³/mol. The Kier molecular flexibility index (Phi) is 5.81. The number of nitrogens with one attached hydrogen (secondary N) is 1. The maximum atomic E-state index is 11.6.